The first-order valence-electron chi connectivity index (χ1n) is 5.87. The van der Waals surface area contributed by atoms with Crippen LogP contribution in [0.2, 0.25) is 0 Å². The minimum atomic E-state index is -0.306. The highest BCUT2D eigenvalue weighted by Gasteiger charge is 2.18. The summed E-state index contributed by atoms with van der Waals surface area (Å²) in [5, 5.41) is -0.306. The van der Waals surface area contributed by atoms with Gasteiger partial charge in [0, 0.05) is 10.0 Å². The van der Waals surface area contributed by atoms with Gasteiger partial charge in [-0.25, -0.2) is 0 Å². The Labute approximate surface area is 140 Å². The Kier molecular flexibility index (Phi) is 5.35. The predicted octanol–water partition coefficient (Wildman–Crippen LogP) is 5.56. The quantitative estimate of drug-likeness (QED) is 0.603. The van der Waals surface area contributed by atoms with Gasteiger partial charge < -0.3 is 9.47 Å². The molecule has 1 unspecified atom stereocenters. The molecule has 0 aliphatic carbocycles. The van der Waals surface area contributed by atoms with Crippen molar-refractivity contribution in [2.24, 2.45) is 0 Å². The zero-order chi connectivity index (χ0) is 14.7. The molecule has 0 bridgehead atoms. The summed E-state index contributed by atoms with van der Waals surface area (Å²) in [6, 6.07) is 11.6. The van der Waals surface area contributed by atoms with E-state index in [4.69, 9.17) is 21.1 Å². The van der Waals surface area contributed by atoms with Crippen molar-refractivity contribution >= 4 is 43.5 Å². The molecule has 2 aromatic carbocycles. The van der Waals surface area contributed by atoms with Gasteiger partial charge in [-0.2, -0.15) is 0 Å². The van der Waals surface area contributed by atoms with Gasteiger partial charge in [0.05, 0.1) is 24.1 Å². The van der Waals surface area contributed by atoms with Crippen molar-refractivity contribution in [3.63, 3.8) is 0 Å². The second kappa shape index (κ2) is 6.83. The van der Waals surface area contributed by atoms with Crippen molar-refractivity contribution in [1.82, 2.24) is 0 Å². The van der Waals surface area contributed by atoms with E-state index in [9.17, 15) is 0 Å². The van der Waals surface area contributed by atoms with Crippen molar-refractivity contribution in [2.75, 3.05) is 14.2 Å². The van der Waals surface area contributed by atoms with Gasteiger partial charge in [-0.05, 0) is 45.8 Å². The number of rotatable bonds is 4. The van der Waals surface area contributed by atoms with E-state index in [0.717, 1.165) is 31.6 Å². The highest BCUT2D eigenvalue weighted by molar-refractivity contribution is 9.10. The molecule has 20 heavy (non-hydrogen) atoms. The van der Waals surface area contributed by atoms with E-state index in [0.29, 0.717) is 0 Å². The standard InChI is InChI=1S/C15H13Br2ClO2/c1-19-13-8-12(17)14(20-2)7-11(13)15(18)9-3-5-10(16)6-4-9/h3-8,15H,1-2H3. The van der Waals surface area contributed by atoms with Crippen molar-refractivity contribution < 1.29 is 9.47 Å². The summed E-state index contributed by atoms with van der Waals surface area (Å²) >= 11 is 13.4. The average molecular weight is 421 g/mol. The highest BCUT2D eigenvalue weighted by Crippen LogP contribution is 2.40. The Morgan fingerprint density at radius 1 is 0.950 bits per heavy atom. The molecule has 0 saturated heterocycles. The third-order valence-corrected chi connectivity index (χ3v) is 4.58. The molecule has 5 heteroatoms. The van der Waals surface area contributed by atoms with Gasteiger partial charge in [0.25, 0.3) is 0 Å². The van der Waals surface area contributed by atoms with Crippen LogP contribution in [0.1, 0.15) is 16.5 Å². The minimum absolute atomic E-state index is 0.306. The SMILES string of the molecule is COc1cc(C(Cl)c2ccc(Br)cc2)c(OC)cc1Br. The molecule has 0 aliphatic heterocycles. The van der Waals surface area contributed by atoms with Crippen LogP contribution in [0.5, 0.6) is 11.5 Å². The summed E-state index contributed by atoms with van der Waals surface area (Å²) in [4.78, 5) is 0. The Morgan fingerprint density at radius 2 is 1.55 bits per heavy atom. The fourth-order valence-corrected chi connectivity index (χ4v) is 2.96. The van der Waals surface area contributed by atoms with Gasteiger partial charge in [0.1, 0.15) is 11.5 Å². The van der Waals surface area contributed by atoms with Crippen molar-refractivity contribution in [3.05, 3.63) is 56.5 Å². The van der Waals surface area contributed by atoms with E-state index in [1.165, 1.54) is 0 Å². The molecule has 0 saturated carbocycles. The fraction of sp³-hybridized carbons (Fsp3) is 0.200. The summed E-state index contributed by atoms with van der Waals surface area (Å²) in [7, 11) is 3.25. The summed E-state index contributed by atoms with van der Waals surface area (Å²) in [5.74, 6) is 1.45. The number of hydrogen-bond donors (Lipinski definition) is 0. The molecule has 0 aliphatic rings. The molecule has 0 N–H and O–H groups in total. The summed E-state index contributed by atoms with van der Waals surface area (Å²) < 4.78 is 12.6. The number of hydrogen-bond acceptors (Lipinski definition) is 2. The van der Waals surface area contributed by atoms with Gasteiger partial charge in [-0.1, -0.05) is 28.1 Å². The number of ether oxygens (including phenoxy) is 2. The van der Waals surface area contributed by atoms with Crippen molar-refractivity contribution in [2.45, 2.75) is 5.38 Å². The van der Waals surface area contributed by atoms with Gasteiger partial charge in [0.2, 0.25) is 0 Å². The van der Waals surface area contributed by atoms with Gasteiger partial charge in [0.15, 0.2) is 0 Å². The molecule has 2 nitrogen and oxygen atoms in total. The maximum absolute atomic E-state index is 6.58. The molecule has 0 amide bonds. The molecule has 106 valence electrons. The molecule has 0 spiro atoms. The van der Waals surface area contributed by atoms with Crippen LogP contribution in [0.15, 0.2) is 45.3 Å². The van der Waals surface area contributed by atoms with E-state index in [2.05, 4.69) is 31.9 Å². The monoisotopic (exact) mass is 418 g/mol. The third kappa shape index (κ3) is 3.30. The lowest BCUT2D eigenvalue weighted by molar-refractivity contribution is 0.397. The molecule has 2 aromatic rings. The largest absolute Gasteiger partial charge is 0.496 e. The summed E-state index contributed by atoms with van der Waals surface area (Å²) in [6.45, 7) is 0. The van der Waals surface area contributed by atoms with Crippen LogP contribution < -0.4 is 9.47 Å². The molecule has 0 aromatic heterocycles. The topological polar surface area (TPSA) is 18.5 Å². The van der Waals surface area contributed by atoms with E-state index in [1.54, 1.807) is 14.2 Å². The van der Waals surface area contributed by atoms with Crippen molar-refractivity contribution in [1.29, 1.82) is 0 Å². The summed E-state index contributed by atoms with van der Waals surface area (Å²) in [6.07, 6.45) is 0. The van der Waals surface area contributed by atoms with E-state index >= 15 is 0 Å². The molecule has 0 heterocycles. The maximum atomic E-state index is 6.58. The second-order valence-electron chi connectivity index (χ2n) is 4.14. The van der Waals surface area contributed by atoms with Crippen LogP contribution in [0, 0.1) is 0 Å². The lowest BCUT2D eigenvalue weighted by atomic mass is 10.0. The zero-order valence-electron chi connectivity index (χ0n) is 11.0. The van der Waals surface area contributed by atoms with E-state index < -0.39 is 0 Å². The molecular weight excluding hydrogens is 407 g/mol. The minimum Gasteiger partial charge on any atom is -0.496 e. The lowest BCUT2D eigenvalue weighted by Gasteiger charge is -2.17. The third-order valence-electron chi connectivity index (χ3n) is 2.94. The number of halogens is 3. The predicted molar refractivity (Wildman–Crippen MR) is 89.1 cm³/mol. The number of benzene rings is 2. The second-order valence-corrected chi connectivity index (χ2v) is 6.35. The van der Waals surface area contributed by atoms with Crippen LogP contribution in [0.3, 0.4) is 0 Å². The fourth-order valence-electron chi connectivity index (χ4n) is 1.89. The molecular formula is C15H13Br2ClO2. The molecule has 1 atom stereocenters. The zero-order valence-corrected chi connectivity index (χ0v) is 14.9. The smallest absolute Gasteiger partial charge is 0.133 e. The summed E-state index contributed by atoms with van der Waals surface area (Å²) in [5.41, 5.74) is 1.87. The Balaban J connectivity index is 2.47. The first kappa shape index (κ1) is 15.7. The average Bonchev–Trinajstić information content (AvgIpc) is 2.47. The molecule has 0 fully saturated rings. The molecule has 0 radical (unpaired) electrons. The molecule has 2 rings (SSSR count). The normalized spacial score (nSPS) is 12.1. The maximum Gasteiger partial charge on any atom is 0.133 e. The first-order valence-corrected chi connectivity index (χ1v) is 7.90. The van der Waals surface area contributed by atoms with E-state index in [1.807, 2.05) is 36.4 Å². The first-order chi connectivity index (χ1) is 9.56. The van der Waals surface area contributed by atoms with Crippen molar-refractivity contribution in [3.8, 4) is 11.5 Å². The van der Waals surface area contributed by atoms with Crippen LogP contribution in [0.4, 0.5) is 0 Å². The number of methoxy groups -OCH3 is 2. The Hall–Kier alpha value is -0.710. The van der Waals surface area contributed by atoms with Crippen LogP contribution in [-0.2, 0) is 0 Å². The van der Waals surface area contributed by atoms with Crippen LogP contribution >= 0.6 is 43.5 Å². The van der Waals surface area contributed by atoms with E-state index in [-0.39, 0.29) is 5.38 Å². The highest BCUT2D eigenvalue weighted by atomic mass is 79.9. The van der Waals surface area contributed by atoms with Gasteiger partial charge in [-0.3, -0.25) is 0 Å². The van der Waals surface area contributed by atoms with Gasteiger partial charge >= 0.3 is 0 Å². The number of alkyl halides is 1. The Morgan fingerprint density at radius 3 is 2.10 bits per heavy atom. The van der Waals surface area contributed by atoms with Crippen LogP contribution in [-0.4, -0.2) is 14.2 Å². The van der Waals surface area contributed by atoms with Gasteiger partial charge in [-0.15, -0.1) is 11.6 Å². The Bertz CT molecular complexity index is 600. The lowest BCUT2D eigenvalue weighted by Crippen LogP contribution is -1.99. The van der Waals surface area contributed by atoms with Crippen LogP contribution in [0.25, 0.3) is 0 Å².